The van der Waals surface area contributed by atoms with Crippen LogP contribution in [0.3, 0.4) is 0 Å². The first kappa shape index (κ1) is 28.9. The van der Waals surface area contributed by atoms with E-state index >= 15 is 0 Å². The van der Waals surface area contributed by atoms with E-state index in [2.05, 4.69) is 32.7 Å². The number of carboxylic acid groups (broad SMARTS) is 1. The molecule has 3 heterocycles. The fourth-order valence-electron chi connectivity index (χ4n) is 4.67. The third kappa shape index (κ3) is 8.47. The third-order valence-electron chi connectivity index (χ3n) is 7.01. The maximum Gasteiger partial charge on any atom is 0.326 e. The van der Waals surface area contributed by atoms with Crippen LogP contribution in [0.5, 0.6) is 0 Å². The van der Waals surface area contributed by atoms with Crippen LogP contribution in [-0.2, 0) is 22.4 Å². The Morgan fingerprint density at radius 3 is 2.65 bits per heavy atom. The van der Waals surface area contributed by atoms with Crippen LogP contribution in [-0.4, -0.2) is 88.1 Å². The Morgan fingerprint density at radius 2 is 1.88 bits per heavy atom. The van der Waals surface area contributed by atoms with Crippen LogP contribution in [0.4, 0.5) is 11.6 Å². The summed E-state index contributed by atoms with van der Waals surface area (Å²) < 4.78 is 0. The van der Waals surface area contributed by atoms with Gasteiger partial charge in [0.2, 0.25) is 5.91 Å². The molecule has 4 rings (SSSR count). The van der Waals surface area contributed by atoms with E-state index in [1.807, 2.05) is 35.2 Å². The molecule has 0 radical (unpaired) electrons. The minimum atomic E-state index is -0.967. The summed E-state index contributed by atoms with van der Waals surface area (Å²) in [7, 11) is 3.47. The second-order valence-corrected chi connectivity index (χ2v) is 10.3. The SMILES string of the molecule is CN(C)C(=O)CN(CCCCc1ccc2c(n1)NCCC2)CCC(Nc1ccnc(-c2ccccc2)n1)C(=O)O. The lowest BCUT2D eigenvalue weighted by Gasteiger charge is -2.25. The van der Waals surface area contributed by atoms with E-state index in [4.69, 9.17) is 4.98 Å². The molecule has 40 heavy (non-hydrogen) atoms. The van der Waals surface area contributed by atoms with Gasteiger partial charge in [-0.2, -0.15) is 0 Å². The number of hydrogen-bond donors (Lipinski definition) is 3. The van der Waals surface area contributed by atoms with E-state index in [0.717, 1.165) is 55.7 Å². The predicted octanol–water partition coefficient (Wildman–Crippen LogP) is 3.57. The highest BCUT2D eigenvalue weighted by Crippen LogP contribution is 2.20. The van der Waals surface area contributed by atoms with Gasteiger partial charge in [0.1, 0.15) is 17.7 Å². The van der Waals surface area contributed by atoms with Gasteiger partial charge in [-0.15, -0.1) is 0 Å². The number of anilines is 2. The number of carbonyl (C=O) groups excluding carboxylic acids is 1. The number of benzene rings is 1. The first-order valence-electron chi connectivity index (χ1n) is 13.9. The normalized spacial score (nSPS) is 13.3. The number of nitrogens with zero attached hydrogens (tertiary/aromatic N) is 5. The van der Waals surface area contributed by atoms with Crippen molar-refractivity contribution in [2.24, 2.45) is 0 Å². The average molecular weight is 546 g/mol. The molecular weight excluding hydrogens is 506 g/mol. The van der Waals surface area contributed by atoms with Gasteiger partial charge in [0.05, 0.1) is 6.54 Å². The fraction of sp³-hybridized carbons (Fsp3) is 0.433. The molecule has 0 bridgehead atoms. The summed E-state index contributed by atoms with van der Waals surface area (Å²) >= 11 is 0. The largest absolute Gasteiger partial charge is 0.480 e. The highest BCUT2D eigenvalue weighted by molar-refractivity contribution is 5.78. The molecule has 212 valence electrons. The first-order valence-corrected chi connectivity index (χ1v) is 13.9. The topological polar surface area (TPSA) is 124 Å². The highest BCUT2D eigenvalue weighted by atomic mass is 16.4. The number of pyridine rings is 1. The van der Waals surface area contributed by atoms with Gasteiger partial charge in [-0.3, -0.25) is 9.69 Å². The number of aryl methyl sites for hydroxylation is 2. The molecular formula is C30H39N7O3. The highest BCUT2D eigenvalue weighted by Gasteiger charge is 2.21. The quantitative estimate of drug-likeness (QED) is 0.261. The molecule has 1 aliphatic heterocycles. The summed E-state index contributed by atoms with van der Waals surface area (Å²) in [5, 5.41) is 16.3. The predicted molar refractivity (Wildman–Crippen MR) is 156 cm³/mol. The molecule has 10 heteroatoms. The van der Waals surface area contributed by atoms with Crippen molar-refractivity contribution in [3.05, 3.63) is 66.0 Å². The van der Waals surface area contributed by atoms with Crippen molar-refractivity contribution in [3.63, 3.8) is 0 Å². The monoisotopic (exact) mass is 545 g/mol. The molecule has 0 spiro atoms. The van der Waals surface area contributed by atoms with Gasteiger partial charge in [0.15, 0.2) is 5.82 Å². The minimum absolute atomic E-state index is 0.00874. The Morgan fingerprint density at radius 1 is 1.05 bits per heavy atom. The lowest BCUT2D eigenvalue weighted by atomic mass is 10.1. The fourth-order valence-corrected chi connectivity index (χ4v) is 4.67. The number of unbranched alkanes of at least 4 members (excludes halogenated alkanes) is 1. The van der Waals surface area contributed by atoms with Crippen molar-refractivity contribution < 1.29 is 14.7 Å². The van der Waals surface area contributed by atoms with Gasteiger partial charge in [-0.05, 0) is 62.8 Å². The number of carbonyl (C=O) groups is 2. The van der Waals surface area contributed by atoms with Crippen molar-refractivity contribution in [2.45, 2.75) is 44.6 Å². The van der Waals surface area contributed by atoms with Crippen LogP contribution in [0.25, 0.3) is 11.4 Å². The molecule has 0 aliphatic carbocycles. The Balaban J connectivity index is 1.33. The van der Waals surface area contributed by atoms with Crippen molar-refractivity contribution >= 4 is 23.5 Å². The van der Waals surface area contributed by atoms with Crippen LogP contribution < -0.4 is 10.6 Å². The summed E-state index contributed by atoms with van der Waals surface area (Å²) in [5.41, 5.74) is 3.20. The summed E-state index contributed by atoms with van der Waals surface area (Å²) in [6.45, 7) is 2.36. The molecule has 2 aromatic heterocycles. The molecule has 0 fully saturated rings. The van der Waals surface area contributed by atoms with Gasteiger partial charge in [-0.1, -0.05) is 36.4 Å². The molecule has 1 unspecified atom stereocenters. The molecule has 1 amide bonds. The Hall–Kier alpha value is -4.05. The second kappa shape index (κ2) is 14.4. The number of aromatic nitrogens is 3. The summed E-state index contributed by atoms with van der Waals surface area (Å²) in [5.74, 6) is 1.01. The van der Waals surface area contributed by atoms with Gasteiger partial charge in [-0.25, -0.2) is 19.7 Å². The summed E-state index contributed by atoms with van der Waals surface area (Å²) in [6.07, 6.45) is 6.82. The van der Waals surface area contributed by atoms with Gasteiger partial charge in [0.25, 0.3) is 0 Å². The lowest BCUT2D eigenvalue weighted by Crippen LogP contribution is -2.40. The molecule has 3 aromatic rings. The van der Waals surface area contributed by atoms with E-state index in [9.17, 15) is 14.7 Å². The van der Waals surface area contributed by atoms with E-state index in [1.54, 1.807) is 31.3 Å². The first-order chi connectivity index (χ1) is 19.4. The number of hydrogen-bond acceptors (Lipinski definition) is 8. The molecule has 0 saturated heterocycles. The number of rotatable bonds is 14. The van der Waals surface area contributed by atoms with Crippen molar-refractivity contribution in [2.75, 3.05) is 50.9 Å². The van der Waals surface area contributed by atoms with Crippen molar-refractivity contribution in [1.29, 1.82) is 0 Å². The maximum absolute atomic E-state index is 12.5. The summed E-state index contributed by atoms with van der Waals surface area (Å²) in [4.78, 5) is 41.8. The second-order valence-electron chi connectivity index (χ2n) is 10.3. The number of fused-ring (bicyclic) bond motifs is 1. The zero-order chi connectivity index (χ0) is 28.3. The zero-order valence-corrected chi connectivity index (χ0v) is 23.3. The summed E-state index contributed by atoms with van der Waals surface area (Å²) in [6, 6.07) is 14.6. The standard InChI is InChI=1S/C30H39N7O3/c1-36(2)27(38)21-37(19-7-6-12-24-14-13-23-11-8-17-31-28(23)33-24)20-16-25(30(39)40)34-26-15-18-32-29(35-26)22-9-4-3-5-10-22/h3-5,9-10,13-15,18,25H,6-8,11-12,16-17,19-21H2,1-2H3,(H,31,33)(H,39,40)(H,32,34,35). The molecule has 1 atom stereocenters. The Kier molecular flexibility index (Phi) is 10.4. The van der Waals surface area contributed by atoms with E-state index in [1.165, 1.54) is 5.56 Å². The van der Waals surface area contributed by atoms with Gasteiger partial charge >= 0.3 is 5.97 Å². The molecule has 10 nitrogen and oxygen atoms in total. The smallest absolute Gasteiger partial charge is 0.326 e. The van der Waals surface area contributed by atoms with Gasteiger partial charge < -0.3 is 20.6 Å². The lowest BCUT2D eigenvalue weighted by molar-refractivity contribution is -0.138. The van der Waals surface area contributed by atoms with Crippen LogP contribution in [0, 0.1) is 0 Å². The van der Waals surface area contributed by atoms with Crippen LogP contribution in [0.15, 0.2) is 54.7 Å². The number of carboxylic acids is 1. The molecule has 1 aromatic carbocycles. The Labute approximate surface area is 235 Å². The van der Waals surface area contributed by atoms with Crippen LogP contribution in [0.1, 0.15) is 36.9 Å². The van der Waals surface area contributed by atoms with Crippen LogP contribution >= 0.6 is 0 Å². The van der Waals surface area contributed by atoms with Gasteiger partial charge in [0, 0.05) is 44.6 Å². The minimum Gasteiger partial charge on any atom is -0.480 e. The number of aliphatic carboxylic acids is 1. The molecule has 1 aliphatic rings. The van der Waals surface area contributed by atoms with E-state index in [0.29, 0.717) is 31.2 Å². The Bertz CT molecular complexity index is 1270. The molecule has 0 saturated carbocycles. The third-order valence-corrected chi connectivity index (χ3v) is 7.01. The van der Waals surface area contributed by atoms with E-state index in [-0.39, 0.29) is 12.5 Å². The van der Waals surface area contributed by atoms with Crippen LogP contribution in [0.2, 0.25) is 0 Å². The number of nitrogens with one attached hydrogen (secondary N) is 2. The van der Waals surface area contributed by atoms with Crippen molar-refractivity contribution in [1.82, 2.24) is 24.8 Å². The average Bonchev–Trinajstić information content (AvgIpc) is 2.97. The van der Waals surface area contributed by atoms with E-state index < -0.39 is 12.0 Å². The number of amides is 1. The zero-order valence-electron chi connectivity index (χ0n) is 23.3. The maximum atomic E-state index is 12.5. The molecule has 3 N–H and O–H groups in total. The van der Waals surface area contributed by atoms with Crippen molar-refractivity contribution in [3.8, 4) is 11.4 Å². The number of likely N-dealkylation sites (N-methyl/N-ethyl adjacent to an activating group) is 1.